The molecule has 2 N–H and O–H groups in total. The first kappa shape index (κ1) is 19.3. The molecule has 152 valence electrons. The highest BCUT2D eigenvalue weighted by Gasteiger charge is 2.56. The number of rotatable bonds is 4. The van der Waals surface area contributed by atoms with Crippen LogP contribution in [0.25, 0.3) is 11.2 Å². The van der Waals surface area contributed by atoms with Gasteiger partial charge in [-0.1, -0.05) is 25.4 Å². The van der Waals surface area contributed by atoms with E-state index in [4.69, 9.17) is 36.3 Å². The number of carbonyl (C=O) groups is 1. The summed E-state index contributed by atoms with van der Waals surface area (Å²) in [7, 11) is 0. The van der Waals surface area contributed by atoms with Crippen LogP contribution in [0.5, 0.6) is 0 Å². The fourth-order valence-corrected chi connectivity index (χ4v) is 3.65. The Bertz CT molecular complexity index is 917. The van der Waals surface area contributed by atoms with E-state index in [9.17, 15) is 4.79 Å². The summed E-state index contributed by atoms with van der Waals surface area (Å²) >= 11 is 6.12. The Morgan fingerprint density at radius 2 is 2.07 bits per heavy atom. The third kappa shape index (κ3) is 3.30. The van der Waals surface area contributed by atoms with Gasteiger partial charge in [0.25, 0.3) is 0 Å². The van der Waals surface area contributed by atoms with Crippen LogP contribution in [-0.2, 0) is 23.7 Å². The van der Waals surface area contributed by atoms with E-state index in [0.717, 1.165) is 0 Å². The number of ether oxygens (including phenoxy) is 4. The monoisotopic (exact) mass is 411 g/mol. The zero-order valence-corrected chi connectivity index (χ0v) is 16.7. The maximum atomic E-state index is 11.9. The number of hydrogen-bond donors (Lipinski definition) is 1. The number of anilines is 1. The fourth-order valence-electron chi connectivity index (χ4n) is 3.43. The minimum Gasteiger partial charge on any atom is -0.463 e. The second-order valence-corrected chi connectivity index (χ2v) is 7.97. The molecule has 2 aliphatic rings. The van der Waals surface area contributed by atoms with Crippen LogP contribution in [0, 0.1) is 5.92 Å². The lowest BCUT2D eigenvalue weighted by molar-refractivity contribution is -0.202. The molecule has 11 heteroatoms. The summed E-state index contributed by atoms with van der Waals surface area (Å²) in [6, 6.07) is 0. The third-order valence-corrected chi connectivity index (χ3v) is 4.92. The van der Waals surface area contributed by atoms with Gasteiger partial charge in [-0.3, -0.25) is 9.36 Å². The maximum Gasteiger partial charge on any atom is 0.308 e. The van der Waals surface area contributed by atoms with Crippen molar-refractivity contribution in [3.05, 3.63) is 11.5 Å². The normalized spacial score (nSPS) is 28.8. The van der Waals surface area contributed by atoms with E-state index in [1.807, 2.05) is 13.8 Å². The van der Waals surface area contributed by atoms with Gasteiger partial charge in [-0.05, 0) is 13.8 Å². The number of carbonyl (C=O) groups excluding carboxylic acids is 1. The van der Waals surface area contributed by atoms with Crippen molar-refractivity contribution in [3.8, 4) is 0 Å². The van der Waals surface area contributed by atoms with Gasteiger partial charge in [-0.2, -0.15) is 9.97 Å². The minimum atomic E-state index is -0.806. The molecule has 2 saturated heterocycles. The SMILES string of the molecule is CC(C)C(=O)OC[C@H]1O[C@@H](n2cnc3c(Cl)nc(N)nc32)[C@@H]2OC(C)(C)O[C@@H]21. The molecule has 0 amide bonds. The zero-order chi connectivity index (χ0) is 20.2. The van der Waals surface area contributed by atoms with E-state index in [1.54, 1.807) is 24.7 Å². The number of nitrogen functional groups attached to an aromatic ring is 1. The van der Waals surface area contributed by atoms with Crippen molar-refractivity contribution >= 4 is 34.7 Å². The fraction of sp³-hybridized carbons (Fsp3) is 0.647. The minimum absolute atomic E-state index is 0.0279. The first-order chi connectivity index (χ1) is 13.2. The average molecular weight is 412 g/mol. The summed E-state index contributed by atoms with van der Waals surface area (Å²) in [4.78, 5) is 24.3. The Morgan fingerprint density at radius 1 is 1.36 bits per heavy atom. The van der Waals surface area contributed by atoms with Crippen molar-refractivity contribution in [2.24, 2.45) is 5.92 Å². The Balaban J connectivity index is 1.65. The number of halogens is 1. The van der Waals surface area contributed by atoms with Crippen LogP contribution >= 0.6 is 11.6 Å². The van der Waals surface area contributed by atoms with Gasteiger partial charge in [0.15, 0.2) is 22.8 Å². The molecule has 2 fully saturated rings. The van der Waals surface area contributed by atoms with E-state index in [1.165, 1.54) is 0 Å². The molecule has 2 aliphatic heterocycles. The van der Waals surface area contributed by atoms with Crippen molar-refractivity contribution in [1.82, 2.24) is 19.5 Å². The summed E-state index contributed by atoms with van der Waals surface area (Å²) in [6.07, 6.45) is -0.447. The molecule has 4 heterocycles. The number of nitrogens with two attached hydrogens (primary N) is 1. The number of fused-ring (bicyclic) bond motifs is 2. The van der Waals surface area contributed by atoms with E-state index in [-0.39, 0.29) is 29.6 Å². The smallest absolute Gasteiger partial charge is 0.308 e. The molecule has 10 nitrogen and oxygen atoms in total. The van der Waals surface area contributed by atoms with Crippen molar-refractivity contribution in [2.75, 3.05) is 12.3 Å². The summed E-state index contributed by atoms with van der Waals surface area (Å²) in [5.41, 5.74) is 6.57. The lowest BCUT2D eigenvalue weighted by Crippen LogP contribution is -2.34. The second-order valence-electron chi connectivity index (χ2n) is 7.61. The second kappa shape index (κ2) is 6.80. The number of hydrogen-bond acceptors (Lipinski definition) is 9. The van der Waals surface area contributed by atoms with E-state index in [0.29, 0.717) is 11.2 Å². The van der Waals surface area contributed by atoms with Crippen LogP contribution in [0.4, 0.5) is 5.95 Å². The highest BCUT2D eigenvalue weighted by Crippen LogP contribution is 2.44. The van der Waals surface area contributed by atoms with E-state index < -0.39 is 30.3 Å². The van der Waals surface area contributed by atoms with Gasteiger partial charge in [-0.25, -0.2) is 4.98 Å². The molecule has 2 aromatic rings. The van der Waals surface area contributed by atoms with Crippen molar-refractivity contribution in [3.63, 3.8) is 0 Å². The summed E-state index contributed by atoms with van der Waals surface area (Å²) in [5, 5.41) is 0.155. The van der Waals surface area contributed by atoms with Gasteiger partial charge in [0.1, 0.15) is 30.4 Å². The molecule has 0 bridgehead atoms. The molecule has 0 aliphatic carbocycles. The van der Waals surface area contributed by atoms with Crippen LogP contribution in [0.3, 0.4) is 0 Å². The van der Waals surface area contributed by atoms with E-state index in [2.05, 4.69) is 15.0 Å². The molecule has 28 heavy (non-hydrogen) atoms. The molecule has 4 atom stereocenters. The first-order valence-electron chi connectivity index (χ1n) is 8.99. The molecule has 4 rings (SSSR count). The van der Waals surface area contributed by atoms with Crippen molar-refractivity contribution in [2.45, 2.75) is 58.0 Å². The van der Waals surface area contributed by atoms with Crippen LogP contribution in [-0.4, -0.2) is 56.2 Å². The zero-order valence-electron chi connectivity index (χ0n) is 16.0. The Labute approximate surface area is 166 Å². The van der Waals surface area contributed by atoms with Crippen LogP contribution < -0.4 is 5.73 Å². The predicted octanol–water partition coefficient (Wildman–Crippen LogP) is 1.68. The Morgan fingerprint density at radius 3 is 2.79 bits per heavy atom. The molecule has 0 spiro atoms. The van der Waals surface area contributed by atoms with Gasteiger partial charge in [0, 0.05) is 0 Å². The molecule has 0 aromatic carbocycles. The Kier molecular flexibility index (Phi) is 4.69. The third-order valence-electron chi connectivity index (χ3n) is 4.66. The number of aromatic nitrogens is 4. The van der Waals surface area contributed by atoms with Crippen molar-refractivity contribution < 1.29 is 23.7 Å². The highest BCUT2D eigenvalue weighted by molar-refractivity contribution is 6.33. The average Bonchev–Trinajstić information content (AvgIpc) is 3.23. The molecule has 0 saturated carbocycles. The lowest BCUT2D eigenvalue weighted by atomic mass is 10.1. The maximum absolute atomic E-state index is 11.9. The standard InChI is InChI=1S/C17H22ClN5O5/c1-7(2)15(24)25-5-8-10-11(28-17(3,4)27-10)14(26-8)23-6-20-9-12(18)21-16(19)22-13(9)23/h6-8,10-11,14H,5H2,1-4H3,(H2,19,21,22)/t8-,10-,11-,14-/m1/s1. The molecule has 0 unspecified atom stereocenters. The molecule has 2 aromatic heterocycles. The summed E-state index contributed by atoms with van der Waals surface area (Å²) in [6.45, 7) is 7.24. The van der Waals surface area contributed by atoms with E-state index >= 15 is 0 Å². The number of imidazole rings is 1. The summed E-state index contributed by atoms with van der Waals surface area (Å²) in [5.74, 6) is -1.31. The number of nitrogens with zero attached hydrogens (tertiary/aromatic N) is 4. The highest BCUT2D eigenvalue weighted by atomic mass is 35.5. The quantitative estimate of drug-likeness (QED) is 0.590. The van der Waals surface area contributed by atoms with Crippen LogP contribution in [0.1, 0.15) is 33.9 Å². The lowest BCUT2D eigenvalue weighted by Gasteiger charge is -2.24. The first-order valence-corrected chi connectivity index (χ1v) is 9.37. The Hall–Kier alpha value is -2.01. The van der Waals surface area contributed by atoms with Crippen LogP contribution in [0.15, 0.2) is 6.33 Å². The molecular formula is C17H22ClN5O5. The molecule has 0 radical (unpaired) electrons. The van der Waals surface area contributed by atoms with Gasteiger partial charge in [0.05, 0.1) is 12.2 Å². The molecular weight excluding hydrogens is 390 g/mol. The van der Waals surface area contributed by atoms with Gasteiger partial charge >= 0.3 is 5.97 Å². The van der Waals surface area contributed by atoms with Gasteiger partial charge < -0.3 is 24.7 Å². The van der Waals surface area contributed by atoms with Crippen LogP contribution in [0.2, 0.25) is 5.15 Å². The van der Waals surface area contributed by atoms with Gasteiger partial charge in [0.2, 0.25) is 5.95 Å². The van der Waals surface area contributed by atoms with Crippen molar-refractivity contribution in [1.29, 1.82) is 0 Å². The topological polar surface area (TPSA) is 124 Å². The largest absolute Gasteiger partial charge is 0.463 e. The predicted molar refractivity (Wildman–Crippen MR) is 98.3 cm³/mol. The number of esters is 1. The summed E-state index contributed by atoms with van der Waals surface area (Å²) < 4.78 is 25.3. The van der Waals surface area contributed by atoms with Gasteiger partial charge in [-0.15, -0.1) is 0 Å².